The number of rotatable bonds is 5. The maximum atomic E-state index is 12.3. The molecular formula is C15H21N3O3. The molecule has 1 aliphatic heterocycles. The number of hydrogen-bond donors (Lipinski definition) is 2. The number of nitrogens with zero attached hydrogens (tertiary/aromatic N) is 2. The minimum absolute atomic E-state index is 0.0492. The lowest BCUT2D eigenvalue weighted by Crippen LogP contribution is -2.40. The molecule has 1 fully saturated rings. The minimum atomic E-state index is -0.840. The predicted octanol–water partition coefficient (Wildman–Crippen LogP) is 2.04. The fourth-order valence-electron chi connectivity index (χ4n) is 2.70. The molecule has 21 heavy (non-hydrogen) atoms. The average molecular weight is 291 g/mol. The summed E-state index contributed by atoms with van der Waals surface area (Å²) in [7, 11) is 0. The van der Waals surface area contributed by atoms with Gasteiger partial charge in [-0.05, 0) is 30.4 Å². The van der Waals surface area contributed by atoms with E-state index in [9.17, 15) is 9.59 Å². The van der Waals surface area contributed by atoms with Crippen molar-refractivity contribution in [2.75, 3.05) is 13.1 Å². The second-order valence-electron chi connectivity index (χ2n) is 5.52. The van der Waals surface area contributed by atoms with Crippen molar-refractivity contribution >= 4 is 12.0 Å². The van der Waals surface area contributed by atoms with Gasteiger partial charge in [-0.2, -0.15) is 0 Å². The topological polar surface area (TPSA) is 82.5 Å². The summed E-state index contributed by atoms with van der Waals surface area (Å²) in [5, 5.41) is 11.4. The van der Waals surface area contributed by atoms with Crippen LogP contribution >= 0.6 is 0 Å². The lowest BCUT2D eigenvalue weighted by molar-refractivity contribution is -0.137. The summed E-state index contributed by atoms with van der Waals surface area (Å²) in [4.78, 5) is 28.7. The Hall–Kier alpha value is -2.11. The van der Waals surface area contributed by atoms with Crippen LogP contribution in [0.25, 0.3) is 0 Å². The highest BCUT2D eigenvalue weighted by Gasteiger charge is 2.34. The van der Waals surface area contributed by atoms with Crippen LogP contribution in [0.15, 0.2) is 24.5 Å². The van der Waals surface area contributed by atoms with Gasteiger partial charge in [0.25, 0.3) is 0 Å². The zero-order valence-electron chi connectivity index (χ0n) is 12.2. The van der Waals surface area contributed by atoms with Crippen molar-refractivity contribution in [3.05, 3.63) is 30.1 Å². The van der Waals surface area contributed by atoms with Crippen molar-refractivity contribution in [2.45, 2.75) is 32.2 Å². The lowest BCUT2D eigenvalue weighted by Gasteiger charge is -2.25. The number of hydrogen-bond acceptors (Lipinski definition) is 3. The number of carboxylic acid groups (broad SMARTS) is 1. The minimum Gasteiger partial charge on any atom is -0.481 e. The Balaban J connectivity index is 1.93. The average Bonchev–Trinajstić information content (AvgIpc) is 2.86. The third kappa shape index (κ3) is 4.18. The van der Waals surface area contributed by atoms with Crippen LogP contribution in [0, 0.1) is 5.92 Å². The summed E-state index contributed by atoms with van der Waals surface area (Å²) < 4.78 is 0. The molecule has 0 radical (unpaired) electrons. The van der Waals surface area contributed by atoms with E-state index in [4.69, 9.17) is 5.11 Å². The molecule has 114 valence electrons. The Morgan fingerprint density at radius 1 is 1.52 bits per heavy atom. The molecular weight excluding hydrogens is 270 g/mol. The van der Waals surface area contributed by atoms with E-state index in [1.165, 1.54) is 0 Å². The molecule has 6 nitrogen and oxygen atoms in total. The Labute approximate surface area is 124 Å². The Morgan fingerprint density at radius 2 is 2.33 bits per heavy atom. The fraction of sp³-hybridized carbons (Fsp3) is 0.533. The van der Waals surface area contributed by atoms with Crippen molar-refractivity contribution in [3.63, 3.8) is 0 Å². The Bertz CT molecular complexity index is 492. The summed E-state index contributed by atoms with van der Waals surface area (Å²) in [6.45, 7) is 3.22. The predicted molar refractivity (Wildman–Crippen MR) is 77.7 cm³/mol. The number of carboxylic acids is 1. The first-order valence-electron chi connectivity index (χ1n) is 7.24. The molecule has 0 bridgehead atoms. The van der Waals surface area contributed by atoms with Crippen LogP contribution < -0.4 is 5.32 Å². The van der Waals surface area contributed by atoms with Crippen molar-refractivity contribution in [2.24, 2.45) is 5.92 Å². The van der Waals surface area contributed by atoms with Gasteiger partial charge in [-0.25, -0.2) is 4.79 Å². The number of amides is 2. The van der Waals surface area contributed by atoms with E-state index in [-0.39, 0.29) is 18.5 Å². The maximum Gasteiger partial charge on any atom is 0.317 e. The van der Waals surface area contributed by atoms with E-state index >= 15 is 0 Å². The number of aliphatic carboxylic acids is 1. The molecule has 2 amide bonds. The molecule has 1 aliphatic rings. The van der Waals surface area contributed by atoms with Gasteiger partial charge >= 0.3 is 12.0 Å². The zero-order valence-corrected chi connectivity index (χ0v) is 12.2. The van der Waals surface area contributed by atoms with Crippen molar-refractivity contribution in [3.8, 4) is 0 Å². The quantitative estimate of drug-likeness (QED) is 0.813. The number of aromatic nitrogens is 1. The molecule has 2 unspecified atom stereocenters. The standard InChI is InChI=1S/C15H21N3O3/c1-11-8-13(12-4-2-6-16-9-12)18(10-11)15(21)17-7-3-5-14(19)20/h2,4,6,9,11,13H,3,5,7-8,10H2,1H3,(H,17,21)(H,19,20). The maximum absolute atomic E-state index is 12.3. The van der Waals surface area contributed by atoms with Gasteiger partial charge in [0, 0.05) is 31.9 Å². The number of nitrogens with one attached hydrogen (secondary N) is 1. The monoisotopic (exact) mass is 291 g/mol. The van der Waals surface area contributed by atoms with Crippen LogP contribution in [-0.4, -0.2) is 40.1 Å². The van der Waals surface area contributed by atoms with Gasteiger partial charge < -0.3 is 15.3 Å². The number of urea groups is 1. The number of carbonyl (C=O) groups is 2. The van der Waals surface area contributed by atoms with Gasteiger partial charge in [0.2, 0.25) is 0 Å². The van der Waals surface area contributed by atoms with Gasteiger partial charge in [0.05, 0.1) is 6.04 Å². The number of carbonyl (C=O) groups excluding carboxylic acids is 1. The second kappa shape index (κ2) is 7.06. The lowest BCUT2D eigenvalue weighted by atomic mass is 10.0. The van der Waals surface area contributed by atoms with Gasteiger partial charge in [-0.1, -0.05) is 13.0 Å². The van der Waals surface area contributed by atoms with E-state index in [0.717, 1.165) is 12.0 Å². The fourth-order valence-corrected chi connectivity index (χ4v) is 2.70. The van der Waals surface area contributed by atoms with E-state index in [1.807, 2.05) is 17.0 Å². The molecule has 6 heteroatoms. The van der Waals surface area contributed by atoms with E-state index in [0.29, 0.717) is 25.4 Å². The third-order valence-electron chi connectivity index (χ3n) is 3.68. The molecule has 0 aliphatic carbocycles. The summed E-state index contributed by atoms with van der Waals surface area (Å²) in [5.41, 5.74) is 1.04. The molecule has 2 atom stereocenters. The first-order valence-corrected chi connectivity index (χ1v) is 7.24. The van der Waals surface area contributed by atoms with Crippen LogP contribution in [0.3, 0.4) is 0 Å². The second-order valence-corrected chi connectivity index (χ2v) is 5.52. The summed E-state index contributed by atoms with van der Waals surface area (Å²) in [5.74, 6) is -0.396. The highest BCUT2D eigenvalue weighted by atomic mass is 16.4. The van der Waals surface area contributed by atoms with Gasteiger partial charge in [0.15, 0.2) is 0 Å². The molecule has 1 aromatic rings. The SMILES string of the molecule is CC1CC(c2cccnc2)N(C(=O)NCCCC(=O)O)C1. The summed E-state index contributed by atoms with van der Waals surface area (Å²) in [6, 6.07) is 3.79. The molecule has 0 aromatic carbocycles. The van der Waals surface area contributed by atoms with E-state index in [1.54, 1.807) is 12.4 Å². The van der Waals surface area contributed by atoms with E-state index < -0.39 is 5.97 Å². The Kier molecular flexibility index (Phi) is 5.14. The third-order valence-corrected chi connectivity index (χ3v) is 3.68. The molecule has 1 aromatic heterocycles. The number of pyridine rings is 1. The van der Waals surface area contributed by atoms with Crippen LogP contribution in [0.2, 0.25) is 0 Å². The first-order chi connectivity index (χ1) is 10.1. The largest absolute Gasteiger partial charge is 0.481 e. The van der Waals surface area contributed by atoms with Crippen LogP contribution in [0.4, 0.5) is 4.79 Å². The molecule has 2 N–H and O–H groups in total. The smallest absolute Gasteiger partial charge is 0.317 e. The van der Waals surface area contributed by atoms with Crippen molar-refractivity contribution < 1.29 is 14.7 Å². The summed E-state index contributed by atoms with van der Waals surface area (Å²) in [6.07, 6.45) is 4.96. The first kappa shape index (κ1) is 15.3. The highest BCUT2D eigenvalue weighted by molar-refractivity contribution is 5.75. The molecule has 1 saturated heterocycles. The molecule has 2 heterocycles. The van der Waals surface area contributed by atoms with Crippen molar-refractivity contribution in [1.29, 1.82) is 0 Å². The van der Waals surface area contributed by atoms with E-state index in [2.05, 4.69) is 17.2 Å². The van der Waals surface area contributed by atoms with Gasteiger partial charge in [0.1, 0.15) is 0 Å². The molecule has 0 spiro atoms. The van der Waals surface area contributed by atoms with Crippen LogP contribution in [0.1, 0.15) is 37.8 Å². The highest BCUT2D eigenvalue weighted by Crippen LogP contribution is 2.34. The molecule has 2 rings (SSSR count). The van der Waals surface area contributed by atoms with Crippen LogP contribution in [0.5, 0.6) is 0 Å². The number of likely N-dealkylation sites (tertiary alicyclic amines) is 1. The zero-order chi connectivity index (χ0) is 15.2. The molecule has 0 saturated carbocycles. The van der Waals surface area contributed by atoms with Crippen LogP contribution in [-0.2, 0) is 4.79 Å². The summed E-state index contributed by atoms with van der Waals surface area (Å²) >= 11 is 0. The Morgan fingerprint density at radius 3 is 3.00 bits per heavy atom. The van der Waals surface area contributed by atoms with Gasteiger partial charge in [-0.15, -0.1) is 0 Å². The van der Waals surface area contributed by atoms with Crippen molar-refractivity contribution in [1.82, 2.24) is 15.2 Å². The van der Waals surface area contributed by atoms with Gasteiger partial charge in [-0.3, -0.25) is 9.78 Å². The normalized spacial score (nSPS) is 21.3.